The van der Waals surface area contributed by atoms with Crippen molar-refractivity contribution in [2.75, 3.05) is 13.2 Å². The van der Waals surface area contributed by atoms with Crippen molar-refractivity contribution in [1.82, 2.24) is 4.90 Å². The van der Waals surface area contributed by atoms with Gasteiger partial charge in [-0.2, -0.15) is 0 Å². The van der Waals surface area contributed by atoms with Gasteiger partial charge in [-0.15, -0.1) is 0 Å². The van der Waals surface area contributed by atoms with Gasteiger partial charge >= 0.3 is 0 Å². The van der Waals surface area contributed by atoms with Gasteiger partial charge in [-0.25, -0.2) is 0 Å². The second-order valence-corrected chi connectivity index (χ2v) is 6.46. The van der Waals surface area contributed by atoms with Gasteiger partial charge in [-0.1, -0.05) is 59.9 Å². The van der Waals surface area contributed by atoms with Crippen molar-refractivity contribution < 1.29 is 37.8 Å². The number of halogens is 1. The van der Waals surface area contributed by atoms with Crippen LogP contribution in [0.15, 0.2) is 24.3 Å². The van der Waals surface area contributed by atoms with E-state index >= 15 is 0 Å². The molecule has 0 bridgehead atoms. The monoisotopic (exact) mass is 434 g/mol. The molecule has 1 N–H and O–H groups in total. The summed E-state index contributed by atoms with van der Waals surface area (Å²) in [5.41, 5.74) is 1.30. The standard InChI is InChI=1S/C9H11Cl.C8H17NO.3CH4.Y/c1-7(2)8-4-3-5-9(10)6-8;1-7(2)9-5-3-4-8(9)6-10;;;;/h3-7H,1-2H3;7-8,10H,3-6H2,1-2H3;3*1H4;/t;8-;;;;/m.1..../s1. The van der Waals surface area contributed by atoms with Crippen molar-refractivity contribution in [3.05, 3.63) is 34.9 Å². The second-order valence-electron chi connectivity index (χ2n) is 6.02. The number of benzene rings is 1. The van der Waals surface area contributed by atoms with Crippen LogP contribution in [0.25, 0.3) is 0 Å². The molecule has 1 fully saturated rings. The van der Waals surface area contributed by atoms with E-state index in [1.807, 2.05) is 18.2 Å². The Kier molecular flexibility index (Phi) is 22.8. The molecule has 0 aromatic heterocycles. The Balaban J connectivity index is -0.000000143. The molecule has 1 saturated heterocycles. The molecule has 0 unspecified atom stereocenters. The maximum absolute atomic E-state index is 8.94. The van der Waals surface area contributed by atoms with E-state index in [9.17, 15) is 0 Å². The maximum atomic E-state index is 8.94. The summed E-state index contributed by atoms with van der Waals surface area (Å²) in [6, 6.07) is 9.02. The van der Waals surface area contributed by atoms with E-state index in [-0.39, 0.29) is 55.0 Å². The molecule has 0 amide bonds. The summed E-state index contributed by atoms with van der Waals surface area (Å²) in [5, 5.41) is 9.77. The molecule has 4 heteroatoms. The summed E-state index contributed by atoms with van der Waals surface area (Å²) in [7, 11) is 0. The third-order valence-electron chi connectivity index (χ3n) is 3.81. The van der Waals surface area contributed by atoms with Gasteiger partial charge in [0.05, 0.1) is 6.61 Å². The first-order valence-electron chi connectivity index (χ1n) is 7.57. The van der Waals surface area contributed by atoms with E-state index in [0.717, 1.165) is 5.02 Å². The number of nitrogens with zero attached hydrogens (tertiary/aromatic N) is 1. The molecule has 0 aliphatic carbocycles. The van der Waals surface area contributed by atoms with Crippen LogP contribution in [0, 0.1) is 0 Å². The Morgan fingerprint density at radius 1 is 1.17 bits per heavy atom. The second kappa shape index (κ2) is 17.0. The summed E-state index contributed by atoms with van der Waals surface area (Å²) in [4.78, 5) is 2.38. The number of hydrogen-bond donors (Lipinski definition) is 1. The van der Waals surface area contributed by atoms with Crippen molar-refractivity contribution in [1.29, 1.82) is 0 Å². The molecule has 2 rings (SSSR count). The largest absolute Gasteiger partial charge is 0.395 e. The van der Waals surface area contributed by atoms with Crippen LogP contribution in [0.3, 0.4) is 0 Å². The quantitative estimate of drug-likeness (QED) is 0.610. The van der Waals surface area contributed by atoms with Gasteiger partial charge in [0.15, 0.2) is 0 Å². The van der Waals surface area contributed by atoms with Gasteiger partial charge in [0.1, 0.15) is 0 Å². The SMILES string of the molecule is C.C.C.CC(C)N1CCC[C@@H]1CO.CC(C)c1cccc(Cl)c1.[Y]. The number of likely N-dealkylation sites (tertiary alicyclic amines) is 1. The van der Waals surface area contributed by atoms with E-state index in [2.05, 4.69) is 38.7 Å². The number of rotatable bonds is 3. The molecule has 141 valence electrons. The topological polar surface area (TPSA) is 23.5 Å². The van der Waals surface area contributed by atoms with Crippen LogP contribution in [-0.2, 0) is 32.7 Å². The van der Waals surface area contributed by atoms with Crippen molar-refractivity contribution in [2.45, 2.75) is 80.8 Å². The van der Waals surface area contributed by atoms with Crippen LogP contribution in [0.1, 0.15) is 74.3 Å². The van der Waals surface area contributed by atoms with E-state index in [1.165, 1.54) is 24.9 Å². The summed E-state index contributed by atoms with van der Waals surface area (Å²) >= 11 is 5.79. The zero-order chi connectivity index (χ0) is 15.1. The fraction of sp³-hybridized carbons (Fsp3) is 0.700. The van der Waals surface area contributed by atoms with Crippen LogP contribution in [0.2, 0.25) is 5.02 Å². The van der Waals surface area contributed by atoms with Crippen LogP contribution < -0.4 is 0 Å². The molecule has 0 spiro atoms. The van der Waals surface area contributed by atoms with E-state index in [1.54, 1.807) is 0 Å². The first-order valence-corrected chi connectivity index (χ1v) is 7.95. The smallest absolute Gasteiger partial charge is 0.0586 e. The van der Waals surface area contributed by atoms with Gasteiger partial charge < -0.3 is 5.11 Å². The van der Waals surface area contributed by atoms with Crippen LogP contribution in [0.5, 0.6) is 0 Å². The molecule has 2 nitrogen and oxygen atoms in total. The average molecular weight is 435 g/mol. The van der Waals surface area contributed by atoms with Gasteiger partial charge in [-0.3, -0.25) is 4.90 Å². The molecule has 1 aliphatic heterocycles. The Morgan fingerprint density at radius 2 is 1.75 bits per heavy atom. The molecule has 1 heterocycles. The Morgan fingerprint density at radius 3 is 2.08 bits per heavy atom. The molecular weight excluding hydrogens is 395 g/mol. The van der Waals surface area contributed by atoms with E-state index in [0.29, 0.717) is 24.6 Å². The van der Waals surface area contributed by atoms with E-state index < -0.39 is 0 Å². The zero-order valence-corrected chi connectivity index (χ0v) is 17.3. The van der Waals surface area contributed by atoms with Crippen LogP contribution in [-0.4, -0.2) is 35.2 Å². The summed E-state index contributed by atoms with van der Waals surface area (Å²) in [6.07, 6.45) is 2.43. The van der Waals surface area contributed by atoms with Crippen molar-refractivity contribution in [2.24, 2.45) is 0 Å². The first-order chi connectivity index (χ1) is 9.45. The Hall–Kier alpha value is 0.534. The molecule has 1 aromatic rings. The number of aliphatic hydroxyl groups is 1. The predicted molar refractivity (Wildman–Crippen MR) is 108 cm³/mol. The molecule has 1 radical (unpaired) electrons. The van der Waals surface area contributed by atoms with Gasteiger partial charge in [0, 0.05) is 49.8 Å². The fourth-order valence-electron chi connectivity index (χ4n) is 2.60. The number of hydrogen-bond acceptors (Lipinski definition) is 2. The average Bonchev–Trinajstić information content (AvgIpc) is 2.88. The molecule has 1 aromatic carbocycles. The van der Waals surface area contributed by atoms with Crippen LogP contribution in [0.4, 0.5) is 0 Å². The Labute approximate surface area is 182 Å². The normalized spacial score (nSPS) is 16.1. The van der Waals surface area contributed by atoms with Crippen molar-refractivity contribution in [3.8, 4) is 0 Å². The minimum Gasteiger partial charge on any atom is -0.395 e. The molecule has 0 saturated carbocycles. The Bertz CT molecular complexity index is 399. The summed E-state index contributed by atoms with van der Waals surface area (Å²) < 4.78 is 0. The summed E-state index contributed by atoms with van der Waals surface area (Å²) in [6.45, 7) is 10.2. The molecule has 1 atom stereocenters. The van der Waals surface area contributed by atoms with Gasteiger partial charge in [0.2, 0.25) is 0 Å². The van der Waals surface area contributed by atoms with Gasteiger partial charge in [-0.05, 0) is 56.8 Å². The minimum atomic E-state index is 0. The fourth-order valence-corrected chi connectivity index (χ4v) is 2.80. The first kappa shape index (κ1) is 32.2. The third kappa shape index (κ3) is 11.2. The molecule has 24 heavy (non-hydrogen) atoms. The van der Waals surface area contributed by atoms with E-state index in [4.69, 9.17) is 16.7 Å². The van der Waals surface area contributed by atoms with Gasteiger partial charge in [0.25, 0.3) is 0 Å². The third-order valence-corrected chi connectivity index (χ3v) is 4.05. The predicted octanol–water partition coefficient (Wildman–Crippen LogP) is 6.22. The minimum absolute atomic E-state index is 0. The number of aliphatic hydroxyl groups excluding tert-OH is 1. The van der Waals surface area contributed by atoms with Crippen molar-refractivity contribution in [3.63, 3.8) is 0 Å². The zero-order valence-electron chi connectivity index (χ0n) is 13.7. The van der Waals surface area contributed by atoms with Crippen LogP contribution >= 0.6 is 11.6 Å². The maximum Gasteiger partial charge on any atom is 0.0586 e. The summed E-state index contributed by atoms with van der Waals surface area (Å²) in [5.74, 6) is 0.568. The van der Waals surface area contributed by atoms with Crippen molar-refractivity contribution >= 4 is 11.6 Å². The molecule has 1 aliphatic rings. The molecular formula is C20H40ClNOY.